The zero-order valence-corrected chi connectivity index (χ0v) is 16.0. The van der Waals surface area contributed by atoms with Crippen LogP contribution >= 0.6 is 11.8 Å². The van der Waals surface area contributed by atoms with Crippen LogP contribution in [0.25, 0.3) is 11.5 Å². The number of rotatable bonds is 7. The molecule has 2 aromatic heterocycles. The number of aryl methyl sites for hydroxylation is 1. The molecule has 1 N–H and O–H groups in total. The first kappa shape index (κ1) is 18.3. The number of nitrogens with one attached hydrogen (secondary N) is 1. The van der Waals surface area contributed by atoms with Gasteiger partial charge in [-0.1, -0.05) is 23.8 Å². The van der Waals surface area contributed by atoms with Crippen molar-refractivity contribution in [3.63, 3.8) is 0 Å². The maximum Gasteiger partial charge on any atom is 0.260 e. The summed E-state index contributed by atoms with van der Waals surface area (Å²) in [6, 6.07) is 8.94. The summed E-state index contributed by atoms with van der Waals surface area (Å²) in [4.78, 5) is 21.1. The number of benzene rings is 1. The number of nitrogens with zero attached hydrogens (tertiary/aromatic N) is 3. The number of hydrogen-bond donors (Lipinski definition) is 1. The van der Waals surface area contributed by atoms with Gasteiger partial charge in [-0.05, 0) is 30.7 Å². The lowest BCUT2D eigenvalue weighted by atomic mass is 10.3. The first-order valence-electron chi connectivity index (χ1n) is 8.83. The maximum atomic E-state index is 12.3. The quantitative estimate of drug-likeness (QED) is 0.603. The molecule has 1 aliphatic heterocycles. The van der Waals surface area contributed by atoms with E-state index in [2.05, 4.69) is 27.4 Å². The summed E-state index contributed by atoms with van der Waals surface area (Å²) < 4.78 is 15.9. The molecule has 144 valence electrons. The van der Waals surface area contributed by atoms with E-state index in [9.17, 15) is 4.79 Å². The molecular formula is C19H18N4O4S. The highest BCUT2D eigenvalue weighted by atomic mass is 32.2. The fourth-order valence-corrected chi connectivity index (χ4v) is 3.45. The summed E-state index contributed by atoms with van der Waals surface area (Å²) >= 11 is 1.31. The third-order valence-electron chi connectivity index (χ3n) is 3.94. The molecule has 0 aliphatic carbocycles. The van der Waals surface area contributed by atoms with Crippen molar-refractivity contribution in [1.29, 1.82) is 0 Å². The van der Waals surface area contributed by atoms with Crippen LogP contribution in [0.3, 0.4) is 0 Å². The van der Waals surface area contributed by atoms with E-state index in [-0.39, 0.29) is 18.5 Å². The van der Waals surface area contributed by atoms with Gasteiger partial charge in [-0.3, -0.25) is 4.79 Å². The number of pyridine rings is 1. The standard InChI is InChI=1S/C19H18N4O4S/c1-2-4-16-22-18(27-23-16)13-5-3-8-20-19(13)28-10-17(24)21-12-6-7-14-15(9-12)26-11-25-14/h3,5-9H,2,4,10-11H2,1H3,(H,21,24). The monoisotopic (exact) mass is 398 g/mol. The number of aromatic nitrogens is 3. The second-order valence-electron chi connectivity index (χ2n) is 6.03. The Bertz CT molecular complexity index is 992. The van der Waals surface area contributed by atoms with Gasteiger partial charge in [0.1, 0.15) is 5.03 Å². The smallest absolute Gasteiger partial charge is 0.260 e. The Kier molecular flexibility index (Phi) is 5.43. The highest BCUT2D eigenvalue weighted by Gasteiger charge is 2.17. The van der Waals surface area contributed by atoms with E-state index in [1.165, 1.54) is 11.8 Å². The Morgan fingerprint density at radius 2 is 2.14 bits per heavy atom. The van der Waals surface area contributed by atoms with E-state index >= 15 is 0 Å². The van der Waals surface area contributed by atoms with Crippen molar-refractivity contribution in [1.82, 2.24) is 15.1 Å². The molecule has 0 unspecified atom stereocenters. The van der Waals surface area contributed by atoms with Gasteiger partial charge in [-0.25, -0.2) is 4.98 Å². The molecule has 9 heteroatoms. The summed E-state index contributed by atoms with van der Waals surface area (Å²) in [6.45, 7) is 2.25. The molecule has 0 saturated heterocycles. The van der Waals surface area contributed by atoms with E-state index in [4.69, 9.17) is 14.0 Å². The van der Waals surface area contributed by atoms with Crippen molar-refractivity contribution < 1.29 is 18.8 Å². The number of carbonyl (C=O) groups is 1. The molecule has 1 aliphatic rings. The third kappa shape index (κ3) is 4.09. The molecule has 0 spiro atoms. The number of amides is 1. The Labute approximate surface area is 165 Å². The molecule has 8 nitrogen and oxygen atoms in total. The molecule has 0 fully saturated rings. The lowest BCUT2D eigenvalue weighted by molar-refractivity contribution is -0.113. The normalized spacial score (nSPS) is 12.2. The SMILES string of the molecule is CCCc1noc(-c2cccnc2SCC(=O)Nc2ccc3c(c2)OCO3)n1. The number of fused-ring (bicyclic) bond motifs is 1. The minimum atomic E-state index is -0.155. The van der Waals surface area contributed by atoms with Gasteiger partial charge < -0.3 is 19.3 Å². The van der Waals surface area contributed by atoms with Crippen molar-refractivity contribution in [2.45, 2.75) is 24.8 Å². The lowest BCUT2D eigenvalue weighted by Gasteiger charge is -2.07. The van der Waals surface area contributed by atoms with Crippen LogP contribution in [0, 0.1) is 0 Å². The van der Waals surface area contributed by atoms with E-state index in [1.54, 1.807) is 30.5 Å². The second kappa shape index (κ2) is 8.30. The van der Waals surface area contributed by atoms with E-state index in [0.29, 0.717) is 33.9 Å². The Morgan fingerprint density at radius 3 is 3.04 bits per heavy atom. The van der Waals surface area contributed by atoms with E-state index in [0.717, 1.165) is 18.4 Å². The minimum absolute atomic E-state index is 0.155. The van der Waals surface area contributed by atoms with Crippen LogP contribution in [-0.4, -0.2) is 33.6 Å². The first-order valence-corrected chi connectivity index (χ1v) is 9.82. The van der Waals surface area contributed by atoms with Gasteiger partial charge in [-0.2, -0.15) is 4.98 Å². The number of carbonyl (C=O) groups excluding carboxylic acids is 1. The average Bonchev–Trinajstić information content (AvgIpc) is 3.36. The first-order chi connectivity index (χ1) is 13.7. The van der Waals surface area contributed by atoms with Crippen molar-refractivity contribution >= 4 is 23.4 Å². The average molecular weight is 398 g/mol. The molecule has 1 aromatic carbocycles. The highest BCUT2D eigenvalue weighted by Crippen LogP contribution is 2.34. The van der Waals surface area contributed by atoms with Crippen LogP contribution in [0.1, 0.15) is 19.2 Å². The molecule has 0 bridgehead atoms. The fraction of sp³-hybridized carbons (Fsp3) is 0.263. The zero-order chi connectivity index (χ0) is 19.3. The summed E-state index contributed by atoms with van der Waals surface area (Å²) in [5.74, 6) is 2.41. The molecule has 3 aromatic rings. The predicted molar refractivity (Wildman–Crippen MR) is 103 cm³/mol. The molecule has 0 radical (unpaired) electrons. The van der Waals surface area contributed by atoms with Crippen LogP contribution in [0.5, 0.6) is 11.5 Å². The summed E-state index contributed by atoms with van der Waals surface area (Å²) in [7, 11) is 0. The fourth-order valence-electron chi connectivity index (χ4n) is 2.66. The zero-order valence-electron chi connectivity index (χ0n) is 15.2. The summed E-state index contributed by atoms with van der Waals surface area (Å²) in [6.07, 6.45) is 3.36. The van der Waals surface area contributed by atoms with Crippen molar-refractivity contribution in [3.05, 3.63) is 42.4 Å². The number of anilines is 1. The molecule has 3 heterocycles. The van der Waals surface area contributed by atoms with Gasteiger partial charge in [0.05, 0.1) is 11.3 Å². The second-order valence-corrected chi connectivity index (χ2v) is 6.99. The van der Waals surface area contributed by atoms with Gasteiger partial charge in [0.15, 0.2) is 17.3 Å². The summed E-state index contributed by atoms with van der Waals surface area (Å²) in [5.41, 5.74) is 1.37. The molecule has 28 heavy (non-hydrogen) atoms. The van der Waals surface area contributed by atoms with E-state index in [1.807, 2.05) is 6.07 Å². The van der Waals surface area contributed by atoms with Gasteiger partial charge >= 0.3 is 0 Å². The Balaban J connectivity index is 1.41. The Hall–Kier alpha value is -3.07. The van der Waals surface area contributed by atoms with Crippen molar-refractivity contribution in [2.75, 3.05) is 17.9 Å². The third-order valence-corrected chi connectivity index (χ3v) is 4.94. The molecule has 0 atom stereocenters. The van der Waals surface area contributed by atoms with Crippen LogP contribution in [0.4, 0.5) is 5.69 Å². The Morgan fingerprint density at radius 1 is 1.25 bits per heavy atom. The highest BCUT2D eigenvalue weighted by molar-refractivity contribution is 8.00. The summed E-state index contributed by atoms with van der Waals surface area (Å²) in [5, 5.41) is 7.49. The minimum Gasteiger partial charge on any atom is -0.454 e. The molecule has 0 saturated carbocycles. The van der Waals surface area contributed by atoms with Crippen LogP contribution < -0.4 is 14.8 Å². The van der Waals surface area contributed by atoms with Gasteiger partial charge in [0.2, 0.25) is 12.7 Å². The lowest BCUT2D eigenvalue weighted by Crippen LogP contribution is -2.14. The number of thioether (sulfide) groups is 1. The number of hydrogen-bond acceptors (Lipinski definition) is 8. The maximum absolute atomic E-state index is 12.3. The molecular weight excluding hydrogens is 380 g/mol. The van der Waals surface area contributed by atoms with Gasteiger partial charge in [0, 0.05) is 24.4 Å². The largest absolute Gasteiger partial charge is 0.454 e. The van der Waals surface area contributed by atoms with Crippen LogP contribution in [0.2, 0.25) is 0 Å². The molecule has 4 rings (SSSR count). The van der Waals surface area contributed by atoms with Gasteiger partial charge in [-0.15, -0.1) is 0 Å². The van der Waals surface area contributed by atoms with Crippen molar-refractivity contribution in [2.24, 2.45) is 0 Å². The van der Waals surface area contributed by atoms with Crippen LogP contribution in [0.15, 0.2) is 46.1 Å². The predicted octanol–water partition coefficient (Wildman–Crippen LogP) is 3.54. The van der Waals surface area contributed by atoms with E-state index < -0.39 is 0 Å². The van der Waals surface area contributed by atoms with Crippen molar-refractivity contribution in [3.8, 4) is 23.0 Å². The van der Waals surface area contributed by atoms with Crippen LogP contribution in [-0.2, 0) is 11.2 Å². The topological polar surface area (TPSA) is 99.4 Å². The number of ether oxygens (including phenoxy) is 2. The molecule has 1 amide bonds. The van der Waals surface area contributed by atoms with Gasteiger partial charge in [0.25, 0.3) is 5.89 Å².